The van der Waals surface area contributed by atoms with E-state index in [1.165, 1.54) is 29.3 Å². The van der Waals surface area contributed by atoms with E-state index in [0.717, 1.165) is 12.8 Å². The molecular weight excluding hydrogens is 435 g/mol. The van der Waals surface area contributed by atoms with E-state index < -0.39 is 11.7 Å². The second-order valence-electron chi connectivity index (χ2n) is 9.23. The number of fused-ring (bicyclic) bond motifs is 1. The van der Waals surface area contributed by atoms with Gasteiger partial charge in [-0.2, -0.15) is 0 Å². The highest BCUT2D eigenvalue weighted by atomic mass is 19.1. The molecule has 0 saturated carbocycles. The number of anilines is 3. The summed E-state index contributed by atoms with van der Waals surface area (Å²) < 4.78 is 18.6. The lowest BCUT2D eigenvalue weighted by Gasteiger charge is -2.20. The van der Waals surface area contributed by atoms with Gasteiger partial charge in [0, 0.05) is 17.8 Å². The van der Waals surface area contributed by atoms with Gasteiger partial charge in [-0.15, -0.1) is 0 Å². The highest BCUT2D eigenvalue weighted by Crippen LogP contribution is 2.24. The maximum atomic E-state index is 13.3. The molecule has 2 aromatic carbocycles. The van der Waals surface area contributed by atoms with Crippen molar-refractivity contribution in [2.24, 2.45) is 0 Å². The number of ether oxygens (including phenoxy) is 1. The van der Waals surface area contributed by atoms with E-state index in [-0.39, 0.29) is 23.5 Å². The van der Waals surface area contributed by atoms with Gasteiger partial charge < -0.3 is 15.4 Å². The molecule has 1 aliphatic carbocycles. The number of benzene rings is 2. The minimum atomic E-state index is -0.677. The van der Waals surface area contributed by atoms with E-state index in [2.05, 4.69) is 33.1 Å². The molecule has 0 unspecified atom stereocenters. The Balaban J connectivity index is 1.55. The minimum absolute atomic E-state index is 0.0392. The molecule has 0 atom stereocenters. The maximum absolute atomic E-state index is 13.3. The Morgan fingerprint density at radius 1 is 0.971 bits per heavy atom. The van der Waals surface area contributed by atoms with Crippen molar-refractivity contribution in [2.75, 3.05) is 10.6 Å². The summed E-state index contributed by atoms with van der Waals surface area (Å²) in [5, 5.41) is 8.74. The van der Waals surface area contributed by atoms with E-state index in [9.17, 15) is 14.0 Å². The number of rotatable bonds is 5. The van der Waals surface area contributed by atoms with Crippen molar-refractivity contribution in [2.45, 2.75) is 45.3 Å². The normalized spacial score (nSPS) is 13.2. The van der Waals surface area contributed by atoms with Crippen molar-refractivity contribution in [3.63, 3.8) is 0 Å². The third-order valence-electron chi connectivity index (χ3n) is 5.21. The Morgan fingerprint density at radius 3 is 2.24 bits per heavy atom. The zero-order valence-electron chi connectivity index (χ0n) is 19.3. The summed E-state index contributed by atoms with van der Waals surface area (Å²) in [5.41, 5.74) is 2.83. The van der Waals surface area contributed by atoms with Crippen LogP contribution in [0.5, 0.6) is 0 Å². The van der Waals surface area contributed by atoms with Gasteiger partial charge in [-0.3, -0.25) is 10.1 Å². The Bertz CT molecular complexity index is 1180. The van der Waals surface area contributed by atoms with Gasteiger partial charge in [-0.1, -0.05) is 24.3 Å². The lowest BCUT2D eigenvalue weighted by atomic mass is 10.1. The molecule has 0 radical (unpaired) electrons. The predicted molar refractivity (Wildman–Crippen MR) is 129 cm³/mol. The first-order valence-corrected chi connectivity index (χ1v) is 11.1. The average Bonchev–Trinajstić information content (AvgIpc) is 3.16. The molecular formula is C26H27FN4O3. The van der Waals surface area contributed by atoms with Crippen LogP contribution in [0.25, 0.3) is 0 Å². The highest BCUT2D eigenvalue weighted by Gasteiger charge is 2.24. The molecule has 8 heteroatoms. The molecule has 4 rings (SSSR count). The molecule has 34 heavy (non-hydrogen) atoms. The second-order valence-corrected chi connectivity index (χ2v) is 9.23. The summed E-state index contributed by atoms with van der Waals surface area (Å²) in [5.74, 6) is -0.399. The molecule has 3 N–H and O–H groups in total. The molecule has 3 aromatic rings. The summed E-state index contributed by atoms with van der Waals surface area (Å²) >= 11 is 0. The van der Waals surface area contributed by atoms with Crippen LogP contribution in [0, 0.1) is 5.82 Å². The largest absolute Gasteiger partial charge is 0.444 e. The van der Waals surface area contributed by atoms with Crippen LogP contribution < -0.4 is 16.0 Å². The van der Waals surface area contributed by atoms with Crippen molar-refractivity contribution in [3.8, 4) is 0 Å². The van der Waals surface area contributed by atoms with E-state index in [0.29, 0.717) is 17.2 Å². The second kappa shape index (κ2) is 9.51. The summed E-state index contributed by atoms with van der Waals surface area (Å²) in [7, 11) is 0. The predicted octanol–water partition coefficient (Wildman–Crippen LogP) is 5.21. The lowest BCUT2D eigenvalue weighted by Crippen LogP contribution is -2.36. The van der Waals surface area contributed by atoms with Gasteiger partial charge in [0.25, 0.3) is 5.91 Å². The van der Waals surface area contributed by atoms with Crippen LogP contribution in [0.4, 0.5) is 26.4 Å². The molecule has 1 heterocycles. The van der Waals surface area contributed by atoms with Gasteiger partial charge in [0.2, 0.25) is 0 Å². The van der Waals surface area contributed by atoms with Gasteiger partial charge >= 0.3 is 6.09 Å². The zero-order valence-corrected chi connectivity index (χ0v) is 19.3. The zero-order chi connectivity index (χ0) is 24.3. The van der Waals surface area contributed by atoms with Crippen LogP contribution in [0.3, 0.4) is 0 Å². The number of carbonyl (C=O) groups is 2. The van der Waals surface area contributed by atoms with Gasteiger partial charge in [0.05, 0.1) is 5.69 Å². The number of carbonyl (C=O) groups excluding carboxylic acids is 2. The van der Waals surface area contributed by atoms with Crippen molar-refractivity contribution < 1.29 is 18.7 Å². The van der Waals surface area contributed by atoms with Crippen molar-refractivity contribution in [1.29, 1.82) is 0 Å². The first-order valence-electron chi connectivity index (χ1n) is 11.1. The number of nitrogens with one attached hydrogen (secondary N) is 3. The summed E-state index contributed by atoms with van der Waals surface area (Å²) in [6, 6.07) is 16.9. The molecule has 0 fully saturated rings. The summed E-state index contributed by atoms with van der Waals surface area (Å²) in [4.78, 5) is 29.8. The first-order chi connectivity index (χ1) is 16.1. The number of hydrogen-bond acceptors (Lipinski definition) is 5. The standard InChI is InChI=1S/C26H27FN4O3/c1-26(2,3)34-25(33)30-21-14-22(31-23(15-21)28-19-10-8-18(27)9-11-19)24(32)29-20-12-16-6-4-5-7-17(16)13-20/h4-11,14-15,20H,12-13H2,1-3H3,(H,29,32)(H2,28,30,31,33). The van der Waals surface area contributed by atoms with E-state index in [1.807, 2.05) is 12.1 Å². The summed E-state index contributed by atoms with van der Waals surface area (Å²) in [6.07, 6.45) is 0.848. The Hall–Kier alpha value is -3.94. The number of amides is 2. The fourth-order valence-electron chi connectivity index (χ4n) is 3.81. The molecule has 176 valence electrons. The molecule has 1 aliphatic rings. The molecule has 2 amide bonds. The Labute approximate surface area is 197 Å². The number of aromatic nitrogens is 1. The third-order valence-corrected chi connectivity index (χ3v) is 5.21. The Morgan fingerprint density at radius 2 is 1.62 bits per heavy atom. The molecule has 0 aliphatic heterocycles. The SMILES string of the molecule is CC(C)(C)OC(=O)Nc1cc(Nc2ccc(F)cc2)nc(C(=O)NC2Cc3ccccc3C2)c1. The smallest absolute Gasteiger partial charge is 0.412 e. The number of hydrogen-bond donors (Lipinski definition) is 3. The van der Waals surface area contributed by atoms with E-state index in [4.69, 9.17) is 4.74 Å². The molecule has 0 bridgehead atoms. The van der Waals surface area contributed by atoms with Crippen LogP contribution in [0.2, 0.25) is 0 Å². The summed E-state index contributed by atoms with van der Waals surface area (Å²) in [6.45, 7) is 5.29. The van der Waals surface area contributed by atoms with Gasteiger partial charge in [-0.05, 0) is 75.1 Å². The van der Waals surface area contributed by atoms with Crippen LogP contribution >= 0.6 is 0 Å². The number of pyridine rings is 1. The number of halogens is 1. The maximum Gasteiger partial charge on any atom is 0.412 e. The van der Waals surface area contributed by atoms with Crippen molar-refractivity contribution in [1.82, 2.24) is 10.3 Å². The van der Waals surface area contributed by atoms with E-state index in [1.54, 1.807) is 39.0 Å². The van der Waals surface area contributed by atoms with Crippen LogP contribution in [-0.4, -0.2) is 28.6 Å². The van der Waals surface area contributed by atoms with Crippen molar-refractivity contribution in [3.05, 3.63) is 83.3 Å². The molecule has 1 aromatic heterocycles. The van der Waals surface area contributed by atoms with Gasteiger partial charge in [0.15, 0.2) is 0 Å². The number of nitrogens with zero attached hydrogens (tertiary/aromatic N) is 1. The molecule has 7 nitrogen and oxygen atoms in total. The van der Waals surface area contributed by atoms with Crippen LogP contribution in [-0.2, 0) is 17.6 Å². The van der Waals surface area contributed by atoms with Gasteiger partial charge in [0.1, 0.15) is 22.9 Å². The molecule has 0 spiro atoms. The van der Waals surface area contributed by atoms with Gasteiger partial charge in [-0.25, -0.2) is 14.2 Å². The quantitative estimate of drug-likeness (QED) is 0.484. The first kappa shape index (κ1) is 23.2. The fourth-order valence-corrected chi connectivity index (χ4v) is 3.81. The van der Waals surface area contributed by atoms with Crippen LogP contribution in [0.1, 0.15) is 42.4 Å². The monoisotopic (exact) mass is 462 g/mol. The minimum Gasteiger partial charge on any atom is -0.444 e. The van der Waals surface area contributed by atoms with E-state index >= 15 is 0 Å². The highest BCUT2D eigenvalue weighted by molar-refractivity contribution is 5.95. The average molecular weight is 463 g/mol. The topological polar surface area (TPSA) is 92.3 Å². The van der Waals surface area contributed by atoms with Crippen molar-refractivity contribution >= 4 is 29.2 Å². The third kappa shape index (κ3) is 6.10. The fraction of sp³-hybridized carbons (Fsp3) is 0.269. The Kier molecular flexibility index (Phi) is 6.49. The lowest BCUT2D eigenvalue weighted by molar-refractivity contribution is 0.0635. The molecule has 0 saturated heterocycles. The van der Waals surface area contributed by atoms with Crippen LogP contribution in [0.15, 0.2) is 60.7 Å².